The van der Waals surface area contributed by atoms with Crippen molar-refractivity contribution in [1.82, 2.24) is 9.47 Å². The van der Waals surface area contributed by atoms with E-state index in [2.05, 4.69) is 28.2 Å². The second kappa shape index (κ2) is 8.59. The number of benzene rings is 3. The van der Waals surface area contributed by atoms with Crippen molar-refractivity contribution in [3.05, 3.63) is 84.1 Å². The summed E-state index contributed by atoms with van der Waals surface area (Å²) in [6.45, 7) is 1.94. The number of aromatic nitrogens is 1. The van der Waals surface area contributed by atoms with Crippen LogP contribution in [0.5, 0.6) is 0 Å². The second-order valence-electron chi connectivity index (χ2n) is 8.01. The average molecular weight is 427 g/mol. The van der Waals surface area contributed by atoms with Gasteiger partial charge in [-0.1, -0.05) is 36.4 Å². The van der Waals surface area contributed by atoms with Crippen molar-refractivity contribution >= 4 is 34.1 Å². The van der Waals surface area contributed by atoms with E-state index in [-0.39, 0.29) is 11.8 Å². The standard InChI is InChI=1S/C26H26N4O2/c1-17(31)28-21-8-6-7-18(13-21)22-12-11-20(27)14-24(22)26(32)30(3)16-19-15-29(2)25-10-5-4-9-23(19)25/h4-15H,16,27H2,1-3H3,(H,28,31). The number of nitrogen functional groups attached to an aromatic ring is 1. The number of para-hydroxylation sites is 1. The summed E-state index contributed by atoms with van der Waals surface area (Å²) in [7, 11) is 3.80. The molecule has 0 aliphatic carbocycles. The van der Waals surface area contributed by atoms with E-state index in [0.717, 1.165) is 27.6 Å². The first kappa shape index (κ1) is 21.2. The first-order chi connectivity index (χ1) is 15.3. The molecule has 0 saturated heterocycles. The van der Waals surface area contributed by atoms with Gasteiger partial charge < -0.3 is 20.5 Å². The molecule has 6 nitrogen and oxygen atoms in total. The van der Waals surface area contributed by atoms with Crippen LogP contribution in [0, 0.1) is 0 Å². The quantitative estimate of drug-likeness (QED) is 0.456. The van der Waals surface area contributed by atoms with E-state index in [4.69, 9.17) is 5.73 Å². The Morgan fingerprint density at radius 3 is 2.59 bits per heavy atom. The maximum atomic E-state index is 13.5. The number of hydrogen-bond acceptors (Lipinski definition) is 3. The highest BCUT2D eigenvalue weighted by Crippen LogP contribution is 2.29. The third-order valence-corrected chi connectivity index (χ3v) is 5.50. The minimum absolute atomic E-state index is 0.120. The molecule has 0 saturated carbocycles. The van der Waals surface area contributed by atoms with E-state index in [1.165, 1.54) is 6.92 Å². The van der Waals surface area contributed by atoms with Crippen molar-refractivity contribution in [2.75, 3.05) is 18.1 Å². The zero-order valence-corrected chi connectivity index (χ0v) is 18.4. The minimum Gasteiger partial charge on any atom is -0.399 e. The van der Waals surface area contributed by atoms with Crippen molar-refractivity contribution in [1.29, 1.82) is 0 Å². The Kier molecular flexibility index (Phi) is 5.69. The van der Waals surface area contributed by atoms with Gasteiger partial charge in [0.1, 0.15) is 0 Å². The number of aryl methyl sites for hydroxylation is 1. The Balaban J connectivity index is 1.68. The van der Waals surface area contributed by atoms with Crippen molar-refractivity contribution in [3.63, 3.8) is 0 Å². The second-order valence-corrected chi connectivity index (χ2v) is 8.01. The lowest BCUT2D eigenvalue weighted by atomic mass is 9.97. The molecule has 1 heterocycles. The monoisotopic (exact) mass is 426 g/mol. The molecule has 0 spiro atoms. The van der Waals surface area contributed by atoms with Crippen LogP contribution in [0.3, 0.4) is 0 Å². The zero-order chi connectivity index (χ0) is 22.8. The maximum Gasteiger partial charge on any atom is 0.254 e. The van der Waals surface area contributed by atoms with Crippen LogP contribution < -0.4 is 11.1 Å². The van der Waals surface area contributed by atoms with Crippen LogP contribution >= 0.6 is 0 Å². The van der Waals surface area contributed by atoms with Gasteiger partial charge in [0.05, 0.1) is 0 Å². The van der Waals surface area contributed by atoms with Crippen LogP contribution in [-0.2, 0) is 18.4 Å². The van der Waals surface area contributed by atoms with Gasteiger partial charge in [-0.05, 0) is 47.0 Å². The van der Waals surface area contributed by atoms with Crippen molar-refractivity contribution < 1.29 is 9.59 Å². The van der Waals surface area contributed by atoms with E-state index in [9.17, 15) is 9.59 Å². The average Bonchev–Trinajstić information content (AvgIpc) is 3.08. The van der Waals surface area contributed by atoms with Gasteiger partial charge >= 0.3 is 0 Å². The number of anilines is 2. The summed E-state index contributed by atoms with van der Waals surface area (Å²) in [5.41, 5.74) is 11.6. The van der Waals surface area contributed by atoms with E-state index in [1.807, 2.05) is 49.5 Å². The molecular formula is C26H26N4O2. The van der Waals surface area contributed by atoms with Gasteiger partial charge in [0.25, 0.3) is 5.91 Å². The highest BCUT2D eigenvalue weighted by Gasteiger charge is 2.19. The van der Waals surface area contributed by atoms with Gasteiger partial charge in [0, 0.05) is 61.6 Å². The predicted octanol–water partition coefficient (Wildman–Crippen LogP) is 4.66. The molecule has 32 heavy (non-hydrogen) atoms. The summed E-state index contributed by atoms with van der Waals surface area (Å²) in [4.78, 5) is 26.6. The van der Waals surface area contributed by atoms with Crippen LogP contribution in [0.25, 0.3) is 22.0 Å². The molecule has 0 atom stereocenters. The summed E-state index contributed by atoms with van der Waals surface area (Å²) in [5.74, 6) is -0.268. The Morgan fingerprint density at radius 2 is 1.81 bits per heavy atom. The third kappa shape index (κ3) is 4.21. The van der Waals surface area contributed by atoms with Gasteiger partial charge in [0.2, 0.25) is 5.91 Å². The summed E-state index contributed by atoms with van der Waals surface area (Å²) >= 11 is 0. The number of carbonyl (C=O) groups is 2. The highest BCUT2D eigenvalue weighted by atomic mass is 16.2. The molecule has 0 fully saturated rings. The molecule has 0 aliphatic heterocycles. The molecule has 2 amide bonds. The molecule has 6 heteroatoms. The van der Waals surface area contributed by atoms with Crippen LogP contribution in [0.2, 0.25) is 0 Å². The molecule has 0 unspecified atom stereocenters. The molecule has 4 aromatic rings. The fourth-order valence-corrected chi connectivity index (χ4v) is 4.04. The normalized spacial score (nSPS) is 10.8. The first-order valence-corrected chi connectivity index (χ1v) is 10.4. The van der Waals surface area contributed by atoms with Gasteiger partial charge in [-0.25, -0.2) is 0 Å². The molecule has 0 aliphatic rings. The molecule has 4 rings (SSSR count). The Hall–Kier alpha value is -4.06. The molecule has 3 N–H and O–H groups in total. The highest BCUT2D eigenvalue weighted by molar-refractivity contribution is 6.02. The van der Waals surface area contributed by atoms with Crippen LogP contribution in [0.15, 0.2) is 72.9 Å². The van der Waals surface area contributed by atoms with Crippen LogP contribution in [-0.4, -0.2) is 28.3 Å². The smallest absolute Gasteiger partial charge is 0.254 e. The maximum absolute atomic E-state index is 13.5. The van der Waals surface area contributed by atoms with E-state index >= 15 is 0 Å². The van der Waals surface area contributed by atoms with Crippen molar-refractivity contribution in [3.8, 4) is 11.1 Å². The lowest BCUT2D eigenvalue weighted by Gasteiger charge is -2.20. The summed E-state index contributed by atoms with van der Waals surface area (Å²) in [6.07, 6.45) is 2.06. The fourth-order valence-electron chi connectivity index (χ4n) is 4.04. The number of nitrogens with zero attached hydrogens (tertiary/aromatic N) is 2. The lowest BCUT2D eigenvalue weighted by molar-refractivity contribution is -0.114. The Morgan fingerprint density at radius 1 is 1.03 bits per heavy atom. The number of hydrogen-bond donors (Lipinski definition) is 2. The number of nitrogens with two attached hydrogens (primary N) is 1. The summed E-state index contributed by atoms with van der Waals surface area (Å²) in [5, 5.41) is 3.92. The minimum atomic E-state index is -0.148. The van der Waals surface area contributed by atoms with Crippen LogP contribution in [0.4, 0.5) is 11.4 Å². The first-order valence-electron chi connectivity index (χ1n) is 10.4. The zero-order valence-electron chi connectivity index (χ0n) is 18.4. The molecule has 162 valence electrons. The molecule has 1 aromatic heterocycles. The van der Waals surface area contributed by atoms with Crippen LogP contribution in [0.1, 0.15) is 22.8 Å². The van der Waals surface area contributed by atoms with E-state index < -0.39 is 0 Å². The van der Waals surface area contributed by atoms with Gasteiger partial charge in [0.15, 0.2) is 0 Å². The van der Waals surface area contributed by atoms with E-state index in [0.29, 0.717) is 23.5 Å². The number of carbonyl (C=O) groups excluding carboxylic acids is 2. The predicted molar refractivity (Wildman–Crippen MR) is 129 cm³/mol. The number of rotatable bonds is 5. The molecule has 3 aromatic carbocycles. The Bertz CT molecular complexity index is 1320. The van der Waals surface area contributed by atoms with E-state index in [1.54, 1.807) is 24.1 Å². The number of fused-ring (bicyclic) bond motifs is 1. The summed E-state index contributed by atoms with van der Waals surface area (Å²) in [6, 6.07) is 20.9. The Labute approximate surface area is 187 Å². The molecule has 0 radical (unpaired) electrons. The SMILES string of the molecule is CC(=O)Nc1cccc(-c2ccc(N)cc2C(=O)N(C)Cc2cn(C)c3ccccc23)c1. The summed E-state index contributed by atoms with van der Waals surface area (Å²) < 4.78 is 2.07. The van der Waals surface area contributed by atoms with Gasteiger partial charge in [-0.2, -0.15) is 0 Å². The number of amides is 2. The number of nitrogens with one attached hydrogen (secondary N) is 1. The largest absolute Gasteiger partial charge is 0.399 e. The van der Waals surface area contributed by atoms with Gasteiger partial charge in [-0.3, -0.25) is 9.59 Å². The third-order valence-electron chi connectivity index (χ3n) is 5.50. The van der Waals surface area contributed by atoms with Crippen molar-refractivity contribution in [2.45, 2.75) is 13.5 Å². The molecular weight excluding hydrogens is 400 g/mol. The van der Waals surface area contributed by atoms with Crippen molar-refractivity contribution in [2.24, 2.45) is 7.05 Å². The lowest BCUT2D eigenvalue weighted by Crippen LogP contribution is -2.26. The fraction of sp³-hybridized carbons (Fsp3) is 0.154. The topological polar surface area (TPSA) is 80.4 Å². The van der Waals surface area contributed by atoms with Gasteiger partial charge in [-0.15, -0.1) is 0 Å². The molecule has 0 bridgehead atoms.